The molecule has 2 N–H and O–H groups in total. The van der Waals surface area contributed by atoms with E-state index in [-0.39, 0.29) is 23.6 Å². The van der Waals surface area contributed by atoms with E-state index in [2.05, 4.69) is 26.6 Å². The first-order valence-electron chi connectivity index (χ1n) is 8.55. The van der Waals surface area contributed by atoms with Crippen molar-refractivity contribution >= 4 is 33.7 Å². The molecule has 25 heavy (non-hydrogen) atoms. The fourth-order valence-electron chi connectivity index (χ4n) is 2.84. The molecule has 1 aromatic rings. The second kappa shape index (κ2) is 8.99. The lowest BCUT2D eigenvalue weighted by molar-refractivity contribution is -0.131. The molecule has 0 aromatic heterocycles. The van der Waals surface area contributed by atoms with E-state index in [1.807, 2.05) is 19.1 Å². The van der Waals surface area contributed by atoms with E-state index >= 15 is 0 Å². The highest BCUT2D eigenvalue weighted by Gasteiger charge is 2.29. The molecule has 1 aromatic carbocycles. The predicted molar refractivity (Wildman–Crippen MR) is 99.1 cm³/mol. The van der Waals surface area contributed by atoms with E-state index in [9.17, 15) is 14.4 Å². The number of amides is 3. The molecule has 3 amide bonds. The van der Waals surface area contributed by atoms with Crippen molar-refractivity contribution in [1.82, 2.24) is 15.5 Å². The molecule has 0 bridgehead atoms. The summed E-state index contributed by atoms with van der Waals surface area (Å²) in [7, 11) is 0. The molecule has 7 heteroatoms. The Morgan fingerprint density at radius 2 is 1.80 bits per heavy atom. The maximum atomic E-state index is 12.5. The van der Waals surface area contributed by atoms with Crippen LogP contribution in [0, 0.1) is 5.92 Å². The fourth-order valence-corrected chi connectivity index (χ4v) is 3.11. The number of likely N-dealkylation sites (tertiary alicyclic amines) is 1. The zero-order valence-electron chi connectivity index (χ0n) is 14.5. The summed E-state index contributed by atoms with van der Waals surface area (Å²) in [5.74, 6) is -0.471. The molecule has 6 nitrogen and oxygen atoms in total. The Morgan fingerprint density at radius 1 is 1.20 bits per heavy atom. The number of piperidine rings is 1. The van der Waals surface area contributed by atoms with Gasteiger partial charge in [0, 0.05) is 35.6 Å². The van der Waals surface area contributed by atoms with E-state index in [1.54, 1.807) is 24.0 Å². The number of nitrogens with zero attached hydrogens (tertiary/aromatic N) is 1. The van der Waals surface area contributed by atoms with Gasteiger partial charge < -0.3 is 15.5 Å². The number of hydrogen-bond acceptors (Lipinski definition) is 3. The fraction of sp³-hybridized carbons (Fsp3) is 0.500. The van der Waals surface area contributed by atoms with Gasteiger partial charge >= 0.3 is 0 Å². The summed E-state index contributed by atoms with van der Waals surface area (Å²) in [5, 5.41) is 5.44. The zero-order valence-corrected chi connectivity index (χ0v) is 16.1. The number of nitrogens with one attached hydrogen (secondary N) is 2. The van der Waals surface area contributed by atoms with Crippen LogP contribution in [0.15, 0.2) is 28.7 Å². The number of hydrogen-bond donors (Lipinski definition) is 2. The summed E-state index contributed by atoms with van der Waals surface area (Å²) in [5.41, 5.74) is 0.649. The van der Waals surface area contributed by atoms with Gasteiger partial charge in [-0.25, -0.2) is 0 Å². The number of carbonyl (C=O) groups excluding carboxylic acids is 3. The van der Waals surface area contributed by atoms with E-state index in [0.717, 1.165) is 4.47 Å². The topological polar surface area (TPSA) is 78.5 Å². The molecule has 1 fully saturated rings. The zero-order chi connectivity index (χ0) is 18.4. The highest BCUT2D eigenvalue weighted by atomic mass is 79.9. The van der Waals surface area contributed by atoms with Crippen LogP contribution in [0.2, 0.25) is 0 Å². The smallest absolute Gasteiger partial charge is 0.253 e. The third kappa shape index (κ3) is 5.29. The summed E-state index contributed by atoms with van der Waals surface area (Å²) < 4.78 is 0.931. The van der Waals surface area contributed by atoms with Crippen LogP contribution in [0.1, 0.15) is 37.0 Å². The third-order valence-electron chi connectivity index (χ3n) is 4.35. The van der Waals surface area contributed by atoms with Gasteiger partial charge in [0.1, 0.15) is 6.04 Å². The summed E-state index contributed by atoms with van der Waals surface area (Å²) in [6.45, 7) is 5.14. The maximum Gasteiger partial charge on any atom is 0.253 e. The van der Waals surface area contributed by atoms with Crippen molar-refractivity contribution in [1.29, 1.82) is 0 Å². The molecular weight excluding hydrogens is 386 g/mol. The van der Waals surface area contributed by atoms with Crippen LogP contribution in [0.3, 0.4) is 0 Å². The van der Waals surface area contributed by atoms with Crippen LogP contribution in [0.25, 0.3) is 0 Å². The van der Waals surface area contributed by atoms with Gasteiger partial charge in [-0.3, -0.25) is 14.4 Å². The summed E-state index contributed by atoms with van der Waals surface area (Å²) in [4.78, 5) is 38.3. The Labute approximate surface area is 156 Å². The van der Waals surface area contributed by atoms with Crippen LogP contribution >= 0.6 is 15.9 Å². The standard InChI is InChI=1S/C18H24BrN3O3/c1-3-20-16(23)12(2)21-17(24)13-8-10-22(11-9-13)18(25)14-4-6-15(19)7-5-14/h4-7,12-13H,3,8-11H2,1-2H3,(H,20,23)(H,21,24)/t12-/m0/s1. The van der Waals surface area contributed by atoms with Gasteiger partial charge in [-0.05, 0) is 51.0 Å². The Hall–Kier alpha value is -1.89. The number of rotatable bonds is 5. The Balaban J connectivity index is 1.84. The molecule has 1 atom stereocenters. The molecule has 0 radical (unpaired) electrons. The molecule has 0 unspecified atom stereocenters. The van der Waals surface area contributed by atoms with Crippen molar-refractivity contribution in [3.8, 4) is 0 Å². The quantitative estimate of drug-likeness (QED) is 0.779. The molecule has 0 aliphatic carbocycles. The normalized spacial score (nSPS) is 16.2. The lowest BCUT2D eigenvalue weighted by Gasteiger charge is -2.32. The van der Waals surface area contributed by atoms with Gasteiger partial charge in [0.25, 0.3) is 5.91 Å². The molecule has 1 saturated heterocycles. The molecule has 2 rings (SSSR count). The van der Waals surface area contributed by atoms with Gasteiger partial charge in [-0.1, -0.05) is 15.9 Å². The van der Waals surface area contributed by atoms with Crippen LogP contribution in [0.4, 0.5) is 0 Å². The number of likely N-dealkylation sites (N-methyl/N-ethyl adjacent to an activating group) is 1. The summed E-state index contributed by atoms with van der Waals surface area (Å²) >= 11 is 3.36. The van der Waals surface area contributed by atoms with Crippen molar-refractivity contribution in [2.24, 2.45) is 5.92 Å². The van der Waals surface area contributed by atoms with Crippen molar-refractivity contribution in [2.45, 2.75) is 32.7 Å². The molecule has 1 heterocycles. The van der Waals surface area contributed by atoms with E-state index in [0.29, 0.717) is 38.0 Å². The highest BCUT2D eigenvalue weighted by molar-refractivity contribution is 9.10. The van der Waals surface area contributed by atoms with Crippen LogP contribution in [-0.4, -0.2) is 48.3 Å². The first kappa shape index (κ1) is 19.4. The largest absolute Gasteiger partial charge is 0.355 e. The summed E-state index contributed by atoms with van der Waals surface area (Å²) in [6, 6.07) is 6.72. The Bertz CT molecular complexity index is 625. The van der Waals surface area contributed by atoms with Crippen LogP contribution in [0.5, 0.6) is 0 Å². The Morgan fingerprint density at radius 3 is 2.36 bits per heavy atom. The first-order valence-corrected chi connectivity index (χ1v) is 9.34. The van der Waals surface area contributed by atoms with Crippen molar-refractivity contribution < 1.29 is 14.4 Å². The minimum atomic E-state index is -0.546. The van der Waals surface area contributed by atoms with Gasteiger partial charge in [0.15, 0.2) is 0 Å². The monoisotopic (exact) mass is 409 g/mol. The van der Waals surface area contributed by atoms with E-state index < -0.39 is 6.04 Å². The SMILES string of the molecule is CCNC(=O)[C@H](C)NC(=O)C1CCN(C(=O)c2ccc(Br)cc2)CC1. The van der Waals surface area contributed by atoms with Gasteiger partial charge in [0.05, 0.1) is 0 Å². The Kier molecular flexibility index (Phi) is 6.99. The molecule has 136 valence electrons. The predicted octanol–water partition coefficient (Wildman–Crippen LogP) is 1.94. The molecule has 0 saturated carbocycles. The molecule has 0 spiro atoms. The van der Waals surface area contributed by atoms with Gasteiger partial charge in [-0.2, -0.15) is 0 Å². The number of benzene rings is 1. The molecule has 1 aliphatic rings. The van der Waals surface area contributed by atoms with Crippen LogP contribution in [-0.2, 0) is 9.59 Å². The average molecular weight is 410 g/mol. The lowest BCUT2D eigenvalue weighted by Crippen LogP contribution is -2.49. The highest BCUT2D eigenvalue weighted by Crippen LogP contribution is 2.20. The molecular formula is C18H24BrN3O3. The van der Waals surface area contributed by atoms with Gasteiger partial charge in [-0.15, -0.1) is 0 Å². The lowest BCUT2D eigenvalue weighted by atomic mass is 9.95. The molecule has 1 aliphatic heterocycles. The maximum absolute atomic E-state index is 12.5. The van der Waals surface area contributed by atoms with E-state index in [1.165, 1.54) is 0 Å². The minimum absolute atomic E-state index is 0.0120. The first-order chi connectivity index (χ1) is 11.9. The third-order valence-corrected chi connectivity index (χ3v) is 4.88. The van der Waals surface area contributed by atoms with E-state index in [4.69, 9.17) is 0 Å². The van der Waals surface area contributed by atoms with Crippen molar-refractivity contribution in [3.63, 3.8) is 0 Å². The van der Waals surface area contributed by atoms with Crippen LogP contribution < -0.4 is 10.6 Å². The average Bonchev–Trinajstić information content (AvgIpc) is 2.62. The number of halogens is 1. The van der Waals surface area contributed by atoms with Crippen molar-refractivity contribution in [2.75, 3.05) is 19.6 Å². The summed E-state index contributed by atoms with van der Waals surface area (Å²) in [6.07, 6.45) is 1.21. The second-order valence-corrected chi connectivity index (χ2v) is 7.11. The minimum Gasteiger partial charge on any atom is -0.355 e. The second-order valence-electron chi connectivity index (χ2n) is 6.20. The van der Waals surface area contributed by atoms with Crippen molar-refractivity contribution in [3.05, 3.63) is 34.3 Å². The van der Waals surface area contributed by atoms with Gasteiger partial charge in [0.2, 0.25) is 11.8 Å². The number of carbonyl (C=O) groups is 3.